The molecule has 0 aromatic heterocycles. The molecule has 80 valence electrons. The third-order valence-electron chi connectivity index (χ3n) is 2.74. The summed E-state index contributed by atoms with van der Waals surface area (Å²) in [5, 5.41) is 4.98. The third kappa shape index (κ3) is 2.61. The zero-order valence-electron chi connectivity index (χ0n) is 8.23. The van der Waals surface area contributed by atoms with Crippen LogP contribution in [0.25, 0.3) is 0 Å². The highest BCUT2D eigenvalue weighted by Crippen LogP contribution is 2.34. The third-order valence-corrected chi connectivity index (χ3v) is 2.98. The van der Waals surface area contributed by atoms with E-state index in [0.717, 1.165) is 25.7 Å². The molecule has 0 aliphatic heterocycles. The highest BCUT2D eigenvalue weighted by molar-refractivity contribution is 6.28. The van der Waals surface area contributed by atoms with Crippen LogP contribution in [0.5, 0.6) is 0 Å². The van der Waals surface area contributed by atoms with Gasteiger partial charge < -0.3 is 5.32 Å². The number of alkyl halides is 1. The van der Waals surface area contributed by atoms with Crippen molar-refractivity contribution >= 4 is 23.5 Å². The fraction of sp³-hybridized carbons (Fsp3) is 0.778. The van der Waals surface area contributed by atoms with Crippen molar-refractivity contribution in [2.24, 2.45) is 0 Å². The molecule has 0 radical (unpaired) electrons. The quantitative estimate of drug-likeness (QED) is 0.704. The van der Waals surface area contributed by atoms with E-state index in [2.05, 4.69) is 10.6 Å². The lowest BCUT2D eigenvalue weighted by molar-refractivity contribution is -0.117. The Kier molecular flexibility index (Phi) is 3.75. The van der Waals surface area contributed by atoms with Gasteiger partial charge in [-0.05, 0) is 25.7 Å². The largest absolute Gasteiger partial charge is 0.332 e. The Labute approximate surface area is 88.4 Å². The van der Waals surface area contributed by atoms with Gasteiger partial charge in [-0.3, -0.25) is 10.1 Å². The Balaban J connectivity index is 2.36. The molecule has 1 rings (SSSR count). The van der Waals surface area contributed by atoms with Crippen molar-refractivity contribution in [3.63, 3.8) is 0 Å². The second-order valence-corrected chi connectivity index (χ2v) is 3.89. The number of carbonyl (C=O) groups excluding carboxylic acids is 2. The zero-order chi connectivity index (χ0) is 10.6. The first kappa shape index (κ1) is 11.3. The van der Waals surface area contributed by atoms with E-state index in [1.54, 1.807) is 0 Å². The van der Waals surface area contributed by atoms with Crippen LogP contribution in [0.4, 0.5) is 4.79 Å². The summed E-state index contributed by atoms with van der Waals surface area (Å²) in [5.41, 5.74) is -0.0866. The highest BCUT2D eigenvalue weighted by atomic mass is 35.5. The molecule has 1 aliphatic carbocycles. The van der Waals surface area contributed by atoms with E-state index >= 15 is 0 Å². The first-order valence-electron chi connectivity index (χ1n) is 4.80. The molecule has 14 heavy (non-hydrogen) atoms. The average Bonchev–Trinajstić information content (AvgIpc) is 2.11. The Bertz CT molecular complexity index is 233. The molecule has 0 saturated heterocycles. The normalized spacial score (nSPS) is 18.1. The van der Waals surface area contributed by atoms with Crippen molar-refractivity contribution in [2.45, 2.75) is 38.1 Å². The lowest BCUT2D eigenvalue weighted by atomic mass is 9.75. The predicted molar refractivity (Wildman–Crippen MR) is 54.3 cm³/mol. The van der Waals surface area contributed by atoms with E-state index in [0.29, 0.717) is 0 Å². The van der Waals surface area contributed by atoms with Crippen molar-refractivity contribution in [3.05, 3.63) is 0 Å². The lowest BCUT2D eigenvalue weighted by Gasteiger charge is -2.41. The first-order valence-corrected chi connectivity index (χ1v) is 5.33. The van der Waals surface area contributed by atoms with Crippen LogP contribution in [0, 0.1) is 0 Å². The molecule has 0 spiro atoms. The fourth-order valence-corrected chi connectivity index (χ4v) is 1.67. The maximum atomic E-state index is 11.3. The standard InChI is InChI=1S/C9H15ClN2O2/c1-2-9(4-3-5-9)12-8(14)11-7(13)6-10/h2-6H2,1H3,(H2,11,12,13,14). The monoisotopic (exact) mass is 218 g/mol. The topological polar surface area (TPSA) is 58.2 Å². The summed E-state index contributed by atoms with van der Waals surface area (Å²) in [6.07, 6.45) is 4.02. The number of hydrogen-bond acceptors (Lipinski definition) is 2. The molecule has 0 atom stereocenters. The summed E-state index contributed by atoms with van der Waals surface area (Å²) in [5.74, 6) is -0.651. The molecule has 0 unspecified atom stereocenters. The second-order valence-electron chi connectivity index (χ2n) is 3.62. The SMILES string of the molecule is CCC1(NC(=O)NC(=O)CCl)CCC1. The van der Waals surface area contributed by atoms with Crippen molar-refractivity contribution in [1.29, 1.82) is 0 Å². The Morgan fingerprint density at radius 3 is 2.43 bits per heavy atom. The molecular weight excluding hydrogens is 204 g/mol. The minimum Gasteiger partial charge on any atom is -0.332 e. The molecule has 1 saturated carbocycles. The molecule has 1 fully saturated rings. The van der Waals surface area contributed by atoms with Crippen LogP contribution in [-0.2, 0) is 4.79 Å². The predicted octanol–water partition coefficient (Wildman–Crippen LogP) is 1.38. The summed E-state index contributed by atoms with van der Waals surface area (Å²) in [6, 6.07) is -0.433. The molecule has 4 nitrogen and oxygen atoms in total. The van der Waals surface area contributed by atoms with E-state index in [4.69, 9.17) is 11.6 Å². The maximum Gasteiger partial charge on any atom is 0.321 e. The number of amides is 3. The smallest absolute Gasteiger partial charge is 0.321 e. The van der Waals surface area contributed by atoms with Gasteiger partial charge in [0.15, 0.2) is 0 Å². The van der Waals surface area contributed by atoms with Gasteiger partial charge in [0, 0.05) is 5.54 Å². The van der Waals surface area contributed by atoms with Gasteiger partial charge in [-0.1, -0.05) is 6.92 Å². The summed E-state index contributed by atoms with van der Waals surface area (Å²) >= 11 is 5.26. The maximum absolute atomic E-state index is 11.3. The van der Waals surface area contributed by atoms with Gasteiger partial charge in [-0.25, -0.2) is 4.79 Å². The van der Waals surface area contributed by atoms with E-state index in [9.17, 15) is 9.59 Å². The summed E-state index contributed by atoms with van der Waals surface area (Å²) in [7, 11) is 0. The molecule has 0 bridgehead atoms. The van der Waals surface area contributed by atoms with Crippen LogP contribution in [0.15, 0.2) is 0 Å². The van der Waals surface area contributed by atoms with Gasteiger partial charge in [0.05, 0.1) is 0 Å². The number of halogens is 1. The first-order chi connectivity index (χ1) is 6.62. The van der Waals surface area contributed by atoms with Crippen molar-refractivity contribution in [3.8, 4) is 0 Å². The van der Waals surface area contributed by atoms with Crippen LogP contribution in [0.1, 0.15) is 32.6 Å². The lowest BCUT2D eigenvalue weighted by Crippen LogP contribution is -2.56. The van der Waals surface area contributed by atoms with Crippen LogP contribution in [0.2, 0.25) is 0 Å². The second kappa shape index (κ2) is 4.64. The van der Waals surface area contributed by atoms with Crippen LogP contribution in [0.3, 0.4) is 0 Å². The minimum absolute atomic E-state index is 0.0866. The summed E-state index contributed by atoms with van der Waals surface area (Å²) < 4.78 is 0. The molecular formula is C9H15ClN2O2. The number of urea groups is 1. The average molecular weight is 219 g/mol. The van der Waals surface area contributed by atoms with E-state index in [-0.39, 0.29) is 11.4 Å². The van der Waals surface area contributed by atoms with Gasteiger partial charge >= 0.3 is 6.03 Å². The fourth-order valence-electron chi connectivity index (χ4n) is 1.60. The van der Waals surface area contributed by atoms with Gasteiger partial charge in [0.1, 0.15) is 5.88 Å². The molecule has 2 N–H and O–H groups in total. The Morgan fingerprint density at radius 1 is 1.43 bits per heavy atom. The summed E-state index contributed by atoms with van der Waals surface area (Å²) in [6.45, 7) is 2.03. The van der Waals surface area contributed by atoms with Gasteiger partial charge in [0.2, 0.25) is 5.91 Å². The summed E-state index contributed by atoms with van der Waals surface area (Å²) in [4.78, 5) is 22.1. The Hall–Kier alpha value is -0.770. The van der Waals surface area contributed by atoms with E-state index in [1.807, 2.05) is 6.92 Å². The van der Waals surface area contributed by atoms with Crippen LogP contribution < -0.4 is 10.6 Å². The molecule has 0 aromatic rings. The number of carbonyl (C=O) groups is 2. The van der Waals surface area contributed by atoms with Crippen molar-refractivity contribution in [1.82, 2.24) is 10.6 Å². The molecule has 0 aromatic carbocycles. The highest BCUT2D eigenvalue weighted by Gasteiger charge is 2.36. The van der Waals surface area contributed by atoms with Crippen molar-refractivity contribution in [2.75, 3.05) is 5.88 Å². The van der Waals surface area contributed by atoms with E-state index in [1.165, 1.54) is 0 Å². The molecule has 1 aliphatic rings. The number of imide groups is 1. The van der Waals surface area contributed by atoms with Crippen LogP contribution in [-0.4, -0.2) is 23.4 Å². The van der Waals surface area contributed by atoms with Gasteiger partial charge in [-0.15, -0.1) is 11.6 Å². The zero-order valence-corrected chi connectivity index (χ0v) is 8.99. The number of nitrogens with one attached hydrogen (secondary N) is 2. The molecule has 3 amide bonds. The molecule has 5 heteroatoms. The number of rotatable bonds is 3. The van der Waals surface area contributed by atoms with Crippen molar-refractivity contribution < 1.29 is 9.59 Å². The van der Waals surface area contributed by atoms with Gasteiger partial charge in [0.25, 0.3) is 0 Å². The van der Waals surface area contributed by atoms with Crippen LogP contribution >= 0.6 is 11.6 Å². The Morgan fingerprint density at radius 2 is 2.07 bits per heavy atom. The number of hydrogen-bond donors (Lipinski definition) is 2. The van der Waals surface area contributed by atoms with Gasteiger partial charge in [-0.2, -0.15) is 0 Å². The molecule has 0 heterocycles. The minimum atomic E-state index is -0.463. The van der Waals surface area contributed by atoms with E-state index < -0.39 is 11.9 Å².